The molecule has 0 spiro atoms. The first-order valence-corrected chi connectivity index (χ1v) is 7.01. The van der Waals surface area contributed by atoms with Crippen LogP contribution in [0.5, 0.6) is 0 Å². The van der Waals surface area contributed by atoms with Crippen LogP contribution in [0, 0.1) is 5.82 Å². The van der Waals surface area contributed by atoms with E-state index in [0.29, 0.717) is 14.9 Å². The number of alkyl halides is 1. The molecule has 1 aromatic carbocycles. The van der Waals surface area contributed by atoms with Crippen molar-refractivity contribution in [1.29, 1.82) is 0 Å². The van der Waals surface area contributed by atoms with Gasteiger partial charge in [-0.3, -0.25) is 4.79 Å². The van der Waals surface area contributed by atoms with Crippen molar-refractivity contribution in [2.45, 2.75) is 31.1 Å². The van der Waals surface area contributed by atoms with Crippen molar-refractivity contribution in [3.8, 4) is 0 Å². The van der Waals surface area contributed by atoms with Crippen LogP contribution in [-0.2, 0) is 0 Å². The number of amides is 1. The second-order valence-electron chi connectivity index (χ2n) is 4.02. The molecule has 5 heteroatoms. The molecule has 2 atom stereocenters. The highest BCUT2D eigenvalue weighted by Crippen LogP contribution is 2.17. The lowest BCUT2D eigenvalue weighted by atomic mass is 10.1. The molecule has 0 heterocycles. The molecule has 1 N–H and O–H groups in total. The molecule has 1 aromatic rings. The number of halogens is 3. The summed E-state index contributed by atoms with van der Waals surface area (Å²) in [7, 11) is 0. The van der Waals surface area contributed by atoms with Gasteiger partial charge in [-0.25, -0.2) is 4.39 Å². The maximum absolute atomic E-state index is 13.0. The second-order valence-corrected chi connectivity index (χ2v) is 6.44. The summed E-state index contributed by atoms with van der Waals surface area (Å²) in [6.07, 6.45) is 0.841. The van der Waals surface area contributed by atoms with Crippen LogP contribution in [0.25, 0.3) is 0 Å². The first kappa shape index (κ1) is 14.6. The van der Waals surface area contributed by atoms with Crippen LogP contribution in [0.4, 0.5) is 4.39 Å². The minimum absolute atomic E-state index is 0.0701. The predicted molar refractivity (Wildman–Crippen MR) is 74.0 cm³/mol. The summed E-state index contributed by atoms with van der Waals surface area (Å²) >= 11 is 6.49. The summed E-state index contributed by atoms with van der Waals surface area (Å²) in [5.41, 5.74) is 0.451. The highest BCUT2D eigenvalue weighted by atomic mass is 79.9. The van der Waals surface area contributed by atoms with Gasteiger partial charge in [0.15, 0.2) is 0 Å². The SMILES string of the molecule is CC(Br)CC(C)NC(=O)c1ccc(F)c(Br)c1. The van der Waals surface area contributed by atoms with Crippen molar-refractivity contribution in [2.75, 3.05) is 0 Å². The molecule has 0 radical (unpaired) electrons. The highest BCUT2D eigenvalue weighted by molar-refractivity contribution is 9.10. The van der Waals surface area contributed by atoms with E-state index in [1.165, 1.54) is 18.2 Å². The lowest BCUT2D eigenvalue weighted by Gasteiger charge is -2.15. The Balaban J connectivity index is 2.66. The molecule has 2 unspecified atom stereocenters. The molecule has 0 saturated heterocycles. The monoisotopic (exact) mass is 365 g/mol. The smallest absolute Gasteiger partial charge is 0.251 e. The van der Waals surface area contributed by atoms with Crippen molar-refractivity contribution >= 4 is 37.8 Å². The normalized spacial score (nSPS) is 14.2. The van der Waals surface area contributed by atoms with Crippen molar-refractivity contribution < 1.29 is 9.18 Å². The molecule has 0 aliphatic heterocycles. The van der Waals surface area contributed by atoms with Crippen molar-refractivity contribution in [3.63, 3.8) is 0 Å². The third kappa shape index (κ3) is 4.76. The van der Waals surface area contributed by atoms with Gasteiger partial charge in [0.25, 0.3) is 5.91 Å². The molecule has 2 nitrogen and oxygen atoms in total. The van der Waals surface area contributed by atoms with Gasteiger partial charge in [0.1, 0.15) is 5.82 Å². The summed E-state index contributed by atoms with van der Waals surface area (Å²) in [6.45, 7) is 3.96. The average molecular weight is 367 g/mol. The fraction of sp³-hybridized carbons (Fsp3) is 0.417. The molecule has 1 rings (SSSR count). The largest absolute Gasteiger partial charge is 0.350 e. The van der Waals surface area contributed by atoms with E-state index in [0.717, 1.165) is 6.42 Å². The first-order chi connectivity index (χ1) is 7.90. The van der Waals surface area contributed by atoms with Crippen molar-refractivity contribution in [1.82, 2.24) is 5.32 Å². The van der Waals surface area contributed by atoms with Gasteiger partial charge in [0.2, 0.25) is 0 Å². The van der Waals surface area contributed by atoms with E-state index in [1.807, 2.05) is 13.8 Å². The Labute approximate surface area is 117 Å². The maximum Gasteiger partial charge on any atom is 0.251 e. The zero-order valence-corrected chi connectivity index (χ0v) is 12.8. The minimum atomic E-state index is -0.372. The zero-order chi connectivity index (χ0) is 13.0. The molecule has 0 aliphatic carbocycles. The van der Waals surface area contributed by atoms with Gasteiger partial charge >= 0.3 is 0 Å². The Kier molecular flexibility index (Phi) is 5.59. The maximum atomic E-state index is 13.0. The van der Waals surface area contributed by atoms with Gasteiger partial charge in [-0.05, 0) is 47.5 Å². The summed E-state index contributed by atoms with van der Waals surface area (Å²) in [4.78, 5) is 12.2. The lowest BCUT2D eigenvalue weighted by Crippen LogP contribution is -2.33. The fourth-order valence-corrected chi connectivity index (χ4v) is 2.43. The summed E-state index contributed by atoms with van der Waals surface area (Å²) in [6, 6.07) is 4.30. The number of carbonyl (C=O) groups is 1. The Bertz CT molecular complexity index is 409. The van der Waals surface area contributed by atoms with Crippen LogP contribution in [0.3, 0.4) is 0 Å². The van der Waals surface area contributed by atoms with E-state index < -0.39 is 0 Å². The summed E-state index contributed by atoms with van der Waals surface area (Å²) in [5, 5.41) is 2.86. The van der Waals surface area contributed by atoms with Gasteiger partial charge in [0.05, 0.1) is 4.47 Å². The molecule has 0 aliphatic rings. The van der Waals surface area contributed by atoms with E-state index in [1.54, 1.807) is 0 Å². The third-order valence-electron chi connectivity index (χ3n) is 2.24. The number of nitrogens with one attached hydrogen (secondary N) is 1. The number of benzene rings is 1. The highest BCUT2D eigenvalue weighted by Gasteiger charge is 2.12. The Morgan fingerprint density at radius 3 is 2.65 bits per heavy atom. The second kappa shape index (κ2) is 6.50. The number of hydrogen-bond acceptors (Lipinski definition) is 1. The van der Waals surface area contributed by atoms with Gasteiger partial charge in [-0.15, -0.1) is 0 Å². The average Bonchev–Trinajstić information content (AvgIpc) is 2.20. The standard InChI is InChI=1S/C12H14Br2FNO/c1-7(13)5-8(2)16-12(17)9-3-4-11(15)10(14)6-9/h3-4,6-8H,5H2,1-2H3,(H,16,17). The van der Waals surface area contributed by atoms with E-state index in [-0.39, 0.29) is 17.8 Å². The van der Waals surface area contributed by atoms with Crippen molar-refractivity contribution in [2.24, 2.45) is 0 Å². The number of carbonyl (C=O) groups excluding carboxylic acids is 1. The molecule has 94 valence electrons. The third-order valence-corrected chi connectivity index (χ3v) is 3.22. The quantitative estimate of drug-likeness (QED) is 0.805. The molecule has 0 aromatic heterocycles. The van der Waals surface area contributed by atoms with Gasteiger partial charge < -0.3 is 5.32 Å². The fourth-order valence-electron chi connectivity index (χ4n) is 1.49. The molecule has 0 bridgehead atoms. The van der Waals surface area contributed by atoms with E-state index >= 15 is 0 Å². The minimum Gasteiger partial charge on any atom is -0.350 e. The summed E-state index contributed by atoms with van der Waals surface area (Å²) < 4.78 is 13.3. The van der Waals surface area contributed by atoms with Crippen LogP contribution in [-0.4, -0.2) is 16.8 Å². The number of hydrogen-bond donors (Lipinski definition) is 1. The molecular formula is C12H14Br2FNO. The Morgan fingerprint density at radius 2 is 2.12 bits per heavy atom. The topological polar surface area (TPSA) is 29.1 Å². The van der Waals surface area contributed by atoms with Crippen LogP contribution < -0.4 is 5.32 Å². The van der Waals surface area contributed by atoms with Crippen LogP contribution in [0.2, 0.25) is 0 Å². The summed E-state index contributed by atoms with van der Waals surface area (Å²) in [5.74, 6) is -0.560. The van der Waals surface area contributed by atoms with Gasteiger partial charge in [-0.2, -0.15) is 0 Å². The first-order valence-electron chi connectivity index (χ1n) is 5.30. The number of rotatable bonds is 4. The van der Waals surface area contributed by atoms with Crippen LogP contribution in [0.1, 0.15) is 30.6 Å². The van der Waals surface area contributed by atoms with Crippen LogP contribution >= 0.6 is 31.9 Å². The molecular weight excluding hydrogens is 353 g/mol. The molecule has 0 saturated carbocycles. The molecule has 0 fully saturated rings. The van der Waals surface area contributed by atoms with E-state index in [4.69, 9.17) is 0 Å². The predicted octanol–water partition coefficient (Wildman–Crippen LogP) is 3.88. The Morgan fingerprint density at radius 1 is 1.47 bits per heavy atom. The van der Waals surface area contributed by atoms with Crippen LogP contribution in [0.15, 0.2) is 22.7 Å². The van der Waals surface area contributed by atoms with Gasteiger partial charge in [0, 0.05) is 16.4 Å². The molecule has 1 amide bonds. The van der Waals surface area contributed by atoms with Crippen molar-refractivity contribution in [3.05, 3.63) is 34.1 Å². The van der Waals surface area contributed by atoms with E-state index in [2.05, 4.69) is 37.2 Å². The lowest BCUT2D eigenvalue weighted by molar-refractivity contribution is 0.0938. The zero-order valence-electron chi connectivity index (χ0n) is 9.64. The van der Waals surface area contributed by atoms with Gasteiger partial charge in [-0.1, -0.05) is 22.9 Å². The Hall–Kier alpha value is -0.420. The molecule has 17 heavy (non-hydrogen) atoms. The van der Waals surface area contributed by atoms with E-state index in [9.17, 15) is 9.18 Å².